The molecule has 0 heterocycles. The van der Waals surface area contributed by atoms with Gasteiger partial charge in [0.25, 0.3) is 0 Å². The van der Waals surface area contributed by atoms with Gasteiger partial charge in [-0.1, -0.05) is 18.2 Å². The first-order valence-corrected chi connectivity index (χ1v) is 7.83. The molecule has 0 fully saturated rings. The van der Waals surface area contributed by atoms with Gasteiger partial charge in [-0.3, -0.25) is 0 Å². The zero-order chi connectivity index (χ0) is 15.5. The van der Waals surface area contributed by atoms with Crippen LogP contribution in [0.25, 0.3) is 0 Å². The van der Waals surface area contributed by atoms with Gasteiger partial charge in [0, 0.05) is 11.6 Å². The second-order valence-electron chi connectivity index (χ2n) is 4.54. The van der Waals surface area contributed by atoms with E-state index in [1.807, 2.05) is 6.07 Å². The molecule has 112 valence electrons. The summed E-state index contributed by atoms with van der Waals surface area (Å²) >= 11 is 0. The number of hydrogen-bond acceptors (Lipinski definition) is 3. The molecule has 0 saturated carbocycles. The summed E-state index contributed by atoms with van der Waals surface area (Å²) in [5, 5.41) is 0. The molecule has 0 unspecified atom stereocenters. The van der Waals surface area contributed by atoms with Crippen molar-refractivity contribution >= 4 is 10.0 Å². The maximum absolute atomic E-state index is 12.9. The van der Waals surface area contributed by atoms with Crippen LogP contribution in [0, 0.1) is 5.82 Å². The van der Waals surface area contributed by atoms with Crippen molar-refractivity contribution in [1.82, 2.24) is 4.72 Å². The smallest absolute Gasteiger partial charge is 0.241 e. The van der Waals surface area contributed by atoms with E-state index >= 15 is 0 Å². The molecule has 0 aromatic heterocycles. The Kier molecular flexibility index (Phi) is 4.59. The third-order valence-electron chi connectivity index (χ3n) is 3.06. The Balaban J connectivity index is 2.25. The highest BCUT2D eigenvalue weighted by Crippen LogP contribution is 2.25. The van der Waals surface area contributed by atoms with Crippen LogP contribution in [-0.2, 0) is 10.0 Å². The summed E-state index contributed by atoms with van der Waals surface area (Å²) in [6.45, 7) is 1.72. The molecule has 1 N–H and O–H groups in total. The van der Waals surface area contributed by atoms with Gasteiger partial charge in [-0.25, -0.2) is 17.5 Å². The lowest BCUT2D eigenvalue weighted by molar-refractivity contribution is 0.405. The first-order valence-electron chi connectivity index (χ1n) is 6.35. The number of nitrogens with one attached hydrogen (secondary N) is 1. The monoisotopic (exact) mass is 309 g/mol. The highest BCUT2D eigenvalue weighted by atomic mass is 32.2. The lowest BCUT2D eigenvalue weighted by Crippen LogP contribution is -2.27. The second-order valence-corrected chi connectivity index (χ2v) is 6.25. The molecule has 1 atom stereocenters. The van der Waals surface area contributed by atoms with Crippen molar-refractivity contribution in [2.24, 2.45) is 0 Å². The maximum Gasteiger partial charge on any atom is 0.241 e. The Morgan fingerprint density at radius 2 is 1.71 bits per heavy atom. The van der Waals surface area contributed by atoms with Gasteiger partial charge < -0.3 is 4.74 Å². The van der Waals surface area contributed by atoms with E-state index in [4.69, 9.17) is 4.74 Å². The molecule has 0 amide bonds. The molecule has 0 spiro atoms. The number of hydrogen-bond donors (Lipinski definition) is 1. The predicted octanol–water partition coefficient (Wildman–Crippen LogP) is 2.87. The summed E-state index contributed by atoms with van der Waals surface area (Å²) in [5.74, 6) is 0.124. The quantitative estimate of drug-likeness (QED) is 0.924. The topological polar surface area (TPSA) is 55.4 Å². The summed E-state index contributed by atoms with van der Waals surface area (Å²) in [6, 6.07) is 11.4. The van der Waals surface area contributed by atoms with Gasteiger partial charge in [0.2, 0.25) is 10.0 Å². The summed E-state index contributed by atoms with van der Waals surface area (Å²) in [7, 11) is -2.19. The second kappa shape index (κ2) is 6.24. The summed E-state index contributed by atoms with van der Waals surface area (Å²) in [4.78, 5) is 0.0191. The van der Waals surface area contributed by atoms with Crippen molar-refractivity contribution in [1.29, 1.82) is 0 Å². The SMILES string of the molecule is COc1ccccc1[C@@H](C)NS(=O)(=O)c1ccc(F)cc1. The van der Waals surface area contributed by atoms with Crippen molar-refractivity contribution in [2.45, 2.75) is 17.9 Å². The van der Waals surface area contributed by atoms with Crippen LogP contribution >= 0.6 is 0 Å². The Hall–Kier alpha value is -1.92. The molecule has 2 rings (SSSR count). The fraction of sp³-hybridized carbons (Fsp3) is 0.200. The molecule has 0 aliphatic rings. The van der Waals surface area contributed by atoms with Crippen LogP contribution in [0.2, 0.25) is 0 Å². The zero-order valence-corrected chi connectivity index (χ0v) is 12.5. The van der Waals surface area contributed by atoms with Crippen molar-refractivity contribution in [3.05, 3.63) is 59.9 Å². The average molecular weight is 309 g/mol. The molecule has 0 bridgehead atoms. The van der Waals surface area contributed by atoms with Gasteiger partial charge in [0.15, 0.2) is 0 Å². The van der Waals surface area contributed by atoms with E-state index in [1.165, 1.54) is 19.2 Å². The lowest BCUT2D eigenvalue weighted by atomic mass is 10.1. The normalized spacial score (nSPS) is 12.9. The van der Waals surface area contributed by atoms with Crippen molar-refractivity contribution in [3.63, 3.8) is 0 Å². The van der Waals surface area contributed by atoms with Crippen LogP contribution in [0.4, 0.5) is 4.39 Å². The largest absolute Gasteiger partial charge is 0.496 e. The first-order chi connectivity index (χ1) is 9.94. The van der Waals surface area contributed by atoms with Crippen molar-refractivity contribution < 1.29 is 17.5 Å². The highest BCUT2D eigenvalue weighted by Gasteiger charge is 2.20. The number of sulfonamides is 1. The molecule has 0 aliphatic heterocycles. The molecule has 6 heteroatoms. The third kappa shape index (κ3) is 3.59. The van der Waals surface area contributed by atoms with E-state index in [1.54, 1.807) is 25.1 Å². The molecule has 4 nitrogen and oxygen atoms in total. The molecule has 2 aromatic rings. The third-order valence-corrected chi connectivity index (χ3v) is 4.62. The van der Waals surface area contributed by atoms with E-state index < -0.39 is 21.9 Å². The molecule has 2 aromatic carbocycles. The number of benzene rings is 2. The van der Waals surface area contributed by atoms with Crippen LogP contribution in [0.1, 0.15) is 18.5 Å². The van der Waals surface area contributed by atoms with Crippen LogP contribution in [0.3, 0.4) is 0 Å². The van der Waals surface area contributed by atoms with Gasteiger partial charge >= 0.3 is 0 Å². The Labute approximate surface area is 123 Å². The van der Waals surface area contributed by atoms with E-state index in [0.29, 0.717) is 5.75 Å². The predicted molar refractivity (Wildman–Crippen MR) is 78.1 cm³/mol. The summed E-state index contributed by atoms with van der Waals surface area (Å²) in [5.41, 5.74) is 0.727. The number of methoxy groups -OCH3 is 1. The summed E-state index contributed by atoms with van der Waals surface area (Å²) < 4.78 is 45.1. The van der Waals surface area contributed by atoms with Crippen LogP contribution in [-0.4, -0.2) is 15.5 Å². The van der Waals surface area contributed by atoms with E-state index in [0.717, 1.165) is 17.7 Å². The van der Waals surface area contributed by atoms with E-state index in [-0.39, 0.29) is 4.90 Å². The number of rotatable bonds is 5. The van der Waals surface area contributed by atoms with Gasteiger partial charge in [0.1, 0.15) is 11.6 Å². The fourth-order valence-corrected chi connectivity index (χ4v) is 3.23. The standard InChI is InChI=1S/C15H16FNO3S/c1-11(14-5-3-4-6-15(14)20-2)17-21(18,19)13-9-7-12(16)8-10-13/h3-11,17H,1-2H3/t11-/m1/s1. The van der Waals surface area contributed by atoms with Crippen molar-refractivity contribution in [3.8, 4) is 5.75 Å². The minimum atomic E-state index is -3.72. The van der Waals surface area contributed by atoms with Gasteiger partial charge in [-0.05, 0) is 37.3 Å². The van der Waals surface area contributed by atoms with Gasteiger partial charge in [0.05, 0.1) is 12.0 Å². The number of para-hydroxylation sites is 1. The Morgan fingerprint density at radius 3 is 2.33 bits per heavy atom. The Morgan fingerprint density at radius 1 is 1.10 bits per heavy atom. The first kappa shape index (κ1) is 15.5. The van der Waals surface area contributed by atoms with E-state index in [9.17, 15) is 12.8 Å². The van der Waals surface area contributed by atoms with Gasteiger partial charge in [-0.15, -0.1) is 0 Å². The minimum Gasteiger partial charge on any atom is -0.496 e. The molecular formula is C15H16FNO3S. The number of ether oxygens (including phenoxy) is 1. The van der Waals surface area contributed by atoms with Crippen molar-refractivity contribution in [2.75, 3.05) is 7.11 Å². The van der Waals surface area contributed by atoms with Crippen LogP contribution < -0.4 is 9.46 Å². The maximum atomic E-state index is 12.9. The fourth-order valence-electron chi connectivity index (χ4n) is 2.00. The number of halogens is 1. The average Bonchev–Trinajstić information content (AvgIpc) is 2.47. The zero-order valence-electron chi connectivity index (χ0n) is 11.7. The van der Waals surface area contributed by atoms with Crippen LogP contribution in [0.15, 0.2) is 53.4 Å². The Bertz CT molecular complexity index is 714. The minimum absolute atomic E-state index is 0.0191. The van der Waals surface area contributed by atoms with Crippen LogP contribution in [0.5, 0.6) is 5.75 Å². The lowest BCUT2D eigenvalue weighted by Gasteiger charge is -2.17. The molecule has 0 aliphatic carbocycles. The van der Waals surface area contributed by atoms with Gasteiger partial charge in [-0.2, -0.15) is 0 Å². The molecule has 0 saturated heterocycles. The highest BCUT2D eigenvalue weighted by molar-refractivity contribution is 7.89. The van der Waals surface area contributed by atoms with E-state index in [2.05, 4.69) is 4.72 Å². The molecule has 0 radical (unpaired) electrons. The molecular weight excluding hydrogens is 293 g/mol. The molecule has 21 heavy (non-hydrogen) atoms. The summed E-state index contributed by atoms with van der Waals surface area (Å²) in [6.07, 6.45) is 0.